The van der Waals surface area contributed by atoms with Crippen LogP contribution in [0.15, 0.2) is 40.8 Å². The lowest BCUT2D eigenvalue weighted by Crippen LogP contribution is -2.36. The zero-order valence-corrected chi connectivity index (χ0v) is 13.4. The van der Waals surface area contributed by atoms with Gasteiger partial charge in [-0.25, -0.2) is 0 Å². The molecule has 0 saturated heterocycles. The van der Waals surface area contributed by atoms with E-state index < -0.39 is 16.9 Å². The van der Waals surface area contributed by atoms with Gasteiger partial charge in [-0.3, -0.25) is 20.2 Å². The number of hydrogen-bond acceptors (Lipinski definition) is 5. The van der Waals surface area contributed by atoms with Crippen molar-refractivity contribution in [1.82, 2.24) is 5.32 Å². The smallest absolute Gasteiger partial charge is 0.320 e. The maximum atomic E-state index is 11.2. The van der Waals surface area contributed by atoms with Crippen LogP contribution in [0.2, 0.25) is 0 Å². The molecule has 0 fully saturated rings. The van der Waals surface area contributed by atoms with E-state index in [0.29, 0.717) is 23.5 Å². The maximum Gasteiger partial charge on any atom is 0.320 e. The first kappa shape index (κ1) is 17.7. The normalized spacial score (nSPS) is 12.0. The Balaban J connectivity index is 2.04. The topological polar surface area (TPSA) is 106 Å². The molecular formula is C17H20N2O5. The van der Waals surface area contributed by atoms with E-state index in [4.69, 9.17) is 4.42 Å². The number of non-ortho nitro benzene ring substituents is 1. The first-order valence-electron chi connectivity index (χ1n) is 7.81. The first-order chi connectivity index (χ1) is 11.5. The van der Waals surface area contributed by atoms with Gasteiger partial charge in [-0.2, -0.15) is 0 Å². The van der Waals surface area contributed by atoms with E-state index in [9.17, 15) is 20.0 Å². The van der Waals surface area contributed by atoms with Gasteiger partial charge in [0.05, 0.1) is 11.5 Å². The standard InChI is InChI=1S/C17H20N2O5/c1-2-3-7-15(17(20)21)18-11-14-8-9-16(24-14)12-5-4-6-13(10-12)19(22)23/h4-6,8-10,15,18H,2-3,7,11H2,1H3,(H,20,21). The molecule has 2 aromatic rings. The van der Waals surface area contributed by atoms with Crippen LogP contribution in [0, 0.1) is 10.1 Å². The van der Waals surface area contributed by atoms with Gasteiger partial charge < -0.3 is 9.52 Å². The van der Waals surface area contributed by atoms with Crippen LogP contribution in [0.1, 0.15) is 31.9 Å². The molecule has 2 N–H and O–H groups in total. The Hall–Kier alpha value is -2.67. The highest BCUT2D eigenvalue weighted by atomic mass is 16.6. The molecule has 0 spiro atoms. The number of nitrogens with one attached hydrogen (secondary N) is 1. The second-order valence-corrected chi connectivity index (χ2v) is 5.49. The molecule has 1 heterocycles. The van der Waals surface area contributed by atoms with Crippen molar-refractivity contribution in [2.24, 2.45) is 0 Å². The average Bonchev–Trinajstić information content (AvgIpc) is 3.03. The maximum absolute atomic E-state index is 11.2. The Morgan fingerprint density at radius 3 is 2.83 bits per heavy atom. The Morgan fingerprint density at radius 1 is 1.38 bits per heavy atom. The lowest BCUT2D eigenvalue weighted by molar-refractivity contribution is -0.384. The Bertz CT molecular complexity index is 711. The monoisotopic (exact) mass is 332 g/mol. The molecule has 1 aromatic carbocycles. The van der Waals surface area contributed by atoms with Crippen LogP contribution < -0.4 is 5.32 Å². The molecule has 0 amide bonds. The average molecular weight is 332 g/mol. The minimum absolute atomic E-state index is 0.00548. The summed E-state index contributed by atoms with van der Waals surface area (Å²) in [6, 6.07) is 9.02. The molecule has 0 aliphatic rings. The minimum Gasteiger partial charge on any atom is -0.480 e. The van der Waals surface area contributed by atoms with Crippen molar-refractivity contribution in [2.75, 3.05) is 0 Å². The summed E-state index contributed by atoms with van der Waals surface area (Å²) in [6.45, 7) is 2.30. The zero-order valence-electron chi connectivity index (χ0n) is 13.4. The van der Waals surface area contributed by atoms with Gasteiger partial charge in [-0.1, -0.05) is 31.9 Å². The summed E-state index contributed by atoms with van der Waals surface area (Å²) in [5.74, 6) is 0.212. The number of rotatable bonds is 9. The van der Waals surface area contributed by atoms with Crippen molar-refractivity contribution in [3.05, 3.63) is 52.3 Å². The third kappa shape index (κ3) is 4.66. The van der Waals surface area contributed by atoms with Gasteiger partial charge in [-0.15, -0.1) is 0 Å². The van der Waals surface area contributed by atoms with Crippen molar-refractivity contribution in [3.63, 3.8) is 0 Å². The summed E-state index contributed by atoms with van der Waals surface area (Å²) in [5.41, 5.74) is 0.602. The molecule has 0 aliphatic heterocycles. The molecule has 1 aromatic heterocycles. The number of hydrogen-bond donors (Lipinski definition) is 2. The third-order valence-electron chi connectivity index (χ3n) is 3.67. The van der Waals surface area contributed by atoms with Gasteiger partial charge in [0.2, 0.25) is 0 Å². The summed E-state index contributed by atoms with van der Waals surface area (Å²) in [7, 11) is 0. The van der Waals surface area contributed by atoms with E-state index in [0.717, 1.165) is 12.8 Å². The van der Waals surface area contributed by atoms with E-state index in [-0.39, 0.29) is 12.2 Å². The van der Waals surface area contributed by atoms with Gasteiger partial charge in [0.25, 0.3) is 5.69 Å². The highest BCUT2D eigenvalue weighted by molar-refractivity contribution is 5.73. The molecule has 7 nitrogen and oxygen atoms in total. The molecule has 0 bridgehead atoms. The van der Waals surface area contributed by atoms with Crippen LogP contribution in [0.3, 0.4) is 0 Å². The van der Waals surface area contributed by atoms with E-state index in [2.05, 4.69) is 5.32 Å². The number of nitro benzene ring substituents is 1. The molecule has 0 radical (unpaired) electrons. The number of benzene rings is 1. The van der Waals surface area contributed by atoms with Crippen LogP contribution in [0.5, 0.6) is 0 Å². The van der Waals surface area contributed by atoms with Gasteiger partial charge in [0, 0.05) is 17.7 Å². The highest BCUT2D eigenvalue weighted by Crippen LogP contribution is 2.25. The minimum atomic E-state index is -0.881. The third-order valence-corrected chi connectivity index (χ3v) is 3.67. The number of nitrogens with zero attached hydrogens (tertiary/aromatic N) is 1. The molecule has 2 rings (SSSR count). The van der Waals surface area contributed by atoms with Crippen molar-refractivity contribution < 1.29 is 19.2 Å². The van der Waals surface area contributed by atoms with E-state index in [1.54, 1.807) is 24.3 Å². The van der Waals surface area contributed by atoms with Crippen LogP contribution in [-0.2, 0) is 11.3 Å². The molecule has 128 valence electrons. The number of furan rings is 1. The number of carboxylic acids is 1. The van der Waals surface area contributed by atoms with Crippen LogP contribution >= 0.6 is 0 Å². The van der Waals surface area contributed by atoms with Gasteiger partial charge in [-0.05, 0) is 18.6 Å². The van der Waals surface area contributed by atoms with Gasteiger partial charge >= 0.3 is 5.97 Å². The Labute approximate surface area is 139 Å². The number of nitro groups is 1. The molecule has 1 unspecified atom stereocenters. The fourth-order valence-corrected chi connectivity index (χ4v) is 2.35. The van der Waals surface area contributed by atoms with Gasteiger partial charge in [0.1, 0.15) is 17.6 Å². The van der Waals surface area contributed by atoms with Crippen molar-refractivity contribution in [2.45, 2.75) is 38.8 Å². The quantitative estimate of drug-likeness (QED) is 0.537. The van der Waals surface area contributed by atoms with Crippen LogP contribution in [-0.4, -0.2) is 22.0 Å². The fourth-order valence-electron chi connectivity index (χ4n) is 2.35. The Kier molecular flexibility index (Phi) is 6.08. The van der Waals surface area contributed by atoms with E-state index >= 15 is 0 Å². The summed E-state index contributed by atoms with van der Waals surface area (Å²) in [5, 5.41) is 23.0. The molecule has 1 atom stereocenters. The molecule has 0 aliphatic carbocycles. The second-order valence-electron chi connectivity index (χ2n) is 5.49. The lowest BCUT2D eigenvalue weighted by atomic mass is 10.1. The van der Waals surface area contributed by atoms with Crippen molar-refractivity contribution in [1.29, 1.82) is 0 Å². The largest absolute Gasteiger partial charge is 0.480 e. The summed E-state index contributed by atoms with van der Waals surface area (Å²) >= 11 is 0. The zero-order chi connectivity index (χ0) is 17.5. The number of unbranched alkanes of at least 4 members (excludes halogenated alkanes) is 1. The lowest BCUT2D eigenvalue weighted by Gasteiger charge is -2.12. The van der Waals surface area contributed by atoms with Gasteiger partial charge in [0.15, 0.2) is 0 Å². The van der Waals surface area contributed by atoms with Crippen LogP contribution in [0.25, 0.3) is 11.3 Å². The predicted molar refractivity (Wildman–Crippen MR) is 88.6 cm³/mol. The number of carboxylic acid groups (broad SMARTS) is 1. The molecule has 24 heavy (non-hydrogen) atoms. The van der Waals surface area contributed by atoms with Crippen LogP contribution in [0.4, 0.5) is 5.69 Å². The molecular weight excluding hydrogens is 312 g/mol. The predicted octanol–water partition coefficient (Wildman–Crippen LogP) is 3.59. The van der Waals surface area contributed by atoms with Crippen molar-refractivity contribution in [3.8, 4) is 11.3 Å². The van der Waals surface area contributed by atoms with E-state index in [1.807, 2.05) is 6.92 Å². The van der Waals surface area contributed by atoms with E-state index in [1.165, 1.54) is 12.1 Å². The fraction of sp³-hybridized carbons (Fsp3) is 0.353. The van der Waals surface area contributed by atoms with Crippen molar-refractivity contribution >= 4 is 11.7 Å². The Morgan fingerprint density at radius 2 is 2.17 bits per heavy atom. The summed E-state index contributed by atoms with van der Waals surface area (Å²) in [4.78, 5) is 21.6. The molecule has 7 heteroatoms. The SMILES string of the molecule is CCCCC(NCc1ccc(-c2cccc([N+](=O)[O-])c2)o1)C(=O)O. The summed E-state index contributed by atoms with van der Waals surface area (Å²) < 4.78 is 5.66. The highest BCUT2D eigenvalue weighted by Gasteiger charge is 2.17. The second kappa shape index (κ2) is 8.26. The molecule has 0 saturated carbocycles. The number of aliphatic carboxylic acids is 1. The first-order valence-corrected chi connectivity index (χ1v) is 7.81. The number of carbonyl (C=O) groups is 1. The summed E-state index contributed by atoms with van der Waals surface area (Å²) in [6.07, 6.45) is 2.33.